The normalized spacial score (nSPS) is 12.1. The number of halogens is 2. The first-order valence-electron chi connectivity index (χ1n) is 7.64. The van der Waals surface area contributed by atoms with Crippen LogP contribution in [0.5, 0.6) is 0 Å². The highest BCUT2D eigenvalue weighted by molar-refractivity contribution is 9.10. The molecule has 4 aromatic rings. The molecule has 2 aromatic carbocycles. The van der Waals surface area contributed by atoms with Crippen LogP contribution in [0.3, 0.4) is 0 Å². The molecule has 8 nitrogen and oxygen atoms in total. The predicted octanol–water partition coefficient (Wildman–Crippen LogP) is 3.53. The molecule has 0 unspecified atom stereocenters. The molecule has 0 saturated heterocycles. The molecule has 11 heteroatoms. The van der Waals surface area contributed by atoms with Crippen molar-refractivity contribution in [3.63, 3.8) is 0 Å². The van der Waals surface area contributed by atoms with Crippen molar-refractivity contribution in [1.82, 2.24) is 14.8 Å². The highest BCUT2D eigenvalue weighted by Crippen LogP contribution is 2.36. The molecule has 0 amide bonds. The highest BCUT2D eigenvalue weighted by Gasteiger charge is 2.26. The second kappa shape index (κ2) is 6.11. The minimum atomic E-state index is -4.07. The Labute approximate surface area is 166 Å². The van der Waals surface area contributed by atoms with Gasteiger partial charge < -0.3 is 4.42 Å². The number of oxazole rings is 1. The summed E-state index contributed by atoms with van der Waals surface area (Å²) in [5.74, 6) is -0.725. The van der Waals surface area contributed by atoms with Crippen molar-refractivity contribution >= 4 is 65.2 Å². The largest absolute Gasteiger partial charge is 0.417 e. The lowest BCUT2D eigenvalue weighted by Gasteiger charge is -2.11. The number of nitrogens with one attached hydrogen (secondary N) is 2. The smallest absolute Gasteiger partial charge is 0.406 e. The van der Waals surface area contributed by atoms with Crippen LogP contribution < -0.4 is 10.5 Å². The Morgan fingerprint density at radius 2 is 2.07 bits per heavy atom. The van der Waals surface area contributed by atoms with E-state index in [1.807, 2.05) is 14.0 Å². The van der Waals surface area contributed by atoms with Gasteiger partial charge in [-0.25, -0.2) is 13.2 Å². The lowest BCUT2D eigenvalue weighted by atomic mass is 10.2. The number of sulfonamides is 1. The molecule has 2 N–H and O–H groups in total. The van der Waals surface area contributed by atoms with Gasteiger partial charge in [0.05, 0.1) is 16.7 Å². The van der Waals surface area contributed by atoms with Crippen molar-refractivity contribution in [2.45, 2.75) is 11.8 Å². The third-order valence-electron chi connectivity index (χ3n) is 4.21. The SMILES string of the molecule is Cc1c2ccc(NS(=O)(=O)c3c(Br)cc4[nH]c(=O)oc4c3Cl)cc2nn1C. The Balaban J connectivity index is 1.82. The predicted molar refractivity (Wildman–Crippen MR) is 106 cm³/mol. The summed E-state index contributed by atoms with van der Waals surface area (Å²) < 4.78 is 35.2. The maximum atomic E-state index is 12.9. The average Bonchev–Trinajstić information content (AvgIpc) is 3.06. The fraction of sp³-hybridized carbons (Fsp3) is 0.125. The van der Waals surface area contributed by atoms with Gasteiger partial charge in [-0.3, -0.25) is 14.4 Å². The van der Waals surface area contributed by atoms with Gasteiger partial charge in [-0.15, -0.1) is 0 Å². The van der Waals surface area contributed by atoms with Crippen molar-refractivity contribution in [3.8, 4) is 0 Å². The van der Waals surface area contributed by atoms with Gasteiger partial charge in [0.1, 0.15) is 9.92 Å². The monoisotopic (exact) mass is 470 g/mol. The summed E-state index contributed by atoms with van der Waals surface area (Å²) in [5, 5.41) is 5.08. The third kappa shape index (κ3) is 2.93. The molecule has 4 rings (SSSR count). The maximum Gasteiger partial charge on any atom is 0.417 e. The van der Waals surface area contributed by atoms with E-state index in [4.69, 9.17) is 16.0 Å². The molecule has 27 heavy (non-hydrogen) atoms. The molecule has 0 aliphatic carbocycles. The van der Waals surface area contributed by atoms with Crippen LogP contribution in [0.1, 0.15) is 5.69 Å². The summed E-state index contributed by atoms with van der Waals surface area (Å²) in [4.78, 5) is 13.6. The Morgan fingerprint density at radius 1 is 1.33 bits per heavy atom. The van der Waals surface area contributed by atoms with E-state index >= 15 is 0 Å². The van der Waals surface area contributed by atoms with Gasteiger partial charge in [0.25, 0.3) is 10.0 Å². The molecule has 0 bridgehead atoms. The molecular weight excluding hydrogens is 460 g/mol. The van der Waals surface area contributed by atoms with E-state index in [1.54, 1.807) is 22.9 Å². The van der Waals surface area contributed by atoms with Crippen molar-refractivity contribution < 1.29 is 12.8 Å². The molecule has 140 valence electrons. The molecule has 0 atom stereocenters. The van der Waals surface area contributed by atoms with Crippen LogP contribution in [0.4, 0.5) is 5.69 Å². The van der Waals surface area contributed by atoms with E-state index in [0.29, 0.717) is 16.7 Å². The summed E-state index contributed by atoms with van der Waals surface area (Å²) in [6.07, 6.45) is 0. The van der Waals surface area contributed by atoms with Crippen LogP contribution in [0.2, 0.25) is 5.02 Å². The van der Waals surface area contributed by atoms with Crippen molar-refractivity contribution in [3.05, 3.63) is 50.0 Å². The molecule has 0 saturated carbocycles. The van der Waals surface area contributed by atoms with Crippen molar-refractivity contribution in [2.75, 3.05) is 4.72 Å². The first-order valence-corrected chi connectivity index (χ1v) is 10.3. The van der Waals surface area contributed by atoms with Gasteiger partial charge in [0.15, 0.2) is 5.58 Å². The van der Waals surface area contributed by atoms with Crippen LogP contribution in [-0.4, -0.2) is 23.2 Å². The van der Waals surface area contributed by atoms with Crippen molar-refractivity contribution in [2.24, 2.45) is 7.05 Å². The second-order valence-electron chi connectivity index (χ2n) is 5.94. The Morgan fingerprint density at radius 3 is 2.81 bits per heavy atom. The zero-order valence-electron chi connectivity index (χ0n) is 14.0. The van der Waals surface area contributed by atoms with Crippen LogP contribution in [0.25, 0.3) is 22.0 Å². The first kappa shape index (κ1) is 18.1. The Hall–Kier alpha value is -2.30. The van der Waals surface area contributed by atoms with E-state index in [2.05, 4.69) is 30.7 Å². The number of nitrogens with zero attached hydrogens (tertiary/aromatic N) is 2. The number of benzene rings is 2. The minimum absolute atomic E-state index is 0.0268. The van der Waals surface area contributed by atoms with E-state index in [1.165, 1.54) is 6.07 Å². The number of hydrogen-bond acceptors (Lipinski definition) is 5. The number of aromatic nitrogens is 3. The van der Waals surface area contributed by atoms with Gasteiger partial charge in [0, 0.05) is 22.6 Å². The number of anilines is 1. The zero-order valence-corrected chi connectivity index (χ0v) is 17.2. The van der Waals surface area contributed by atoms with Gasteiger partial charge in [-0.1, -0.05) is 11.6 Å². The van der Waals surface area contributed by atoms with Gasteiger partial charge in [0.2, 0.25) is 0 Å². The summed E-state index contributed by atoms with van der Waals surface area (Å²) in [6.45, 7) is 1.93. The zero-order chi connectivity index (χ0) is 19.5. The summed E-state index contributed by atoms with van der Waals surface area (Å²) in [7, 11) is -2.25. The number of aryl methyl sites for hydroxylation is 2. The minimum Gasteiger partial charge on any atom is -0.406 e. The topological polar surface area (TPSA) is 110 Å². The fourth-order valence-corrected chi connectivity index (χ4v) is 5.76. The van der Waals surface area contributed by atoms with Gasteiger partial charge >= 0.3 is 5.76 Å². The molecule has 0 fully saturated rings. The second-order valence-corrected chi connectivity index (χ2v) is 8.79. The fourth-order valence-electron chi connectivity index (χ4n) is 2.85. The number of rotatable bonds is 3. The Kier molecular flexibility index (Phi) is 4.09. The number of aromatic amines is 1. The molecule has 0 aliphatic rings. The molecule has 0 spiro atoms. The summed E-state index contributed by atoms with van der Waals surface area (Å²) in [5.41, 5.74) is 2.23. The van der Waals surface area contributed by atoms with Crippen LogP contribution in [0.15, 0.2) is 42.8 Å². The number of fused-ring (bicyclic) bond motifs is 2. The van der Waals surface area contributed by atoms with Gasteiger partial charge in [-0.2, -0.15) is 5.10 Å². The molecule has 2 heterocycles. The lowest BCUT2D eigenvalue weighted by molar-refractivity contribution is 0.554. The quantitative estimate of drug-likeness (QED) is 0.475. The van der Waals surface area contributed by atoms with E-state index in [-0.39, 0.29) is 20.0 Å². The first-order chi connectivity index (χ1) is 12.7. The van der Waals surface area contributed by atoms with Crippen LogP contribution in [-0.2, 0) is 17.1 Å². The van der Waals surface area contributed by atoms with E-state index in [9.17, 15) is 13.2 Å². The number of hydrogen-bond donors (Lipinski definition) is 2. The average molecular weight is 472 g/mol. The maximum absolute atomic E-state index is 12.9. The van der Waals surface area contributed by atoms with E-state index < -0.39 is 15.8 Å². The molecule has 2 aromatic heterocycles. The highest BCUT2D eigenvalue weighted by atomic mass is 79.9. The van der Waals surface area contributed by atoms with Crippen LogP contribution in [0, 0.1) is 6.92 Å². The molecule has 0 radical (unpaired) electrons. The molecule has 0 aliphatic heterocycles. The number of H-pyrrole nitrogens is 1. The third-order valence-corrected chi connectivity index (χ3v) is 7.04. The summed E-state index contributed by atoms with van der Waals surface area (Å²) >= 11 is 9.41. The van der Waals surface area contributed by atoms with Gasteiger partial charge in [-0.05, 0) is 47.1 Å². The van der Waals surface area contributed by atoms with E-state index in [0.717, 1.165) is 11.1 Å². The lowest BCUT2D eigenvalue weighted by Crippen LogP contribution is -2.14. The van der Waals surface area contributed by atoms with Crippen molar-refractivity contribution in [1.29, 1.82) is 0 Å². The molecular formula is C16H12BrClN4O4S. The summed E-state index contributed by atoms with van der Waals surface area (Å²) in [6, 6.07) is 6.49. The Bertz CT molecular complexity index is 1390. The standard InChI is InChI=1S/C16H12BrClN4O4S/c1-7-9-4-3-8(5-11(9)20-22(7)2)21-27(24,25)15-10(17)6-12-14(13(15)18)26-16(23)19-12/h3-6,21H,1-2H3,(H,19,23). The van der Waals surface area contributed by atoms with Crippen LogP contribution >= 0.6 is 27.5 Å².